The third kappa shape index (κ3) is 5.11. The van der Waals surface area contributed by atoms with Crippen molar-refractivity contribution in [1.29, 1.82) is 0 Å². The van der Waals surface area contributed by atoms with E-state index in [0.29, 0.717) is 11.3 Å². The number of methoxy groups -OCH3 is 2. The lowest BCUT2D eigenvalue weighted by molar-refractivity contribution is -0.121. The zero-order valence-corrected chi connectivity index (χ0v) is 16.8. The summed E-state index contributed by atoms with van der Waals surface area (Å²) in [5, 5.41) is 3.61. The first-order valence-electron chi connectivity index (χ1n) is 9.37. The van der Waals surface area contributed by atoms with E-state index in [2.05, 4.69) is 39.1 Å². The van der Waals surface area contributed by atoms with Gasteiger partial charge in [0.15, 0.2) is 11.5 Å². The van der Waals surface area contributed by atoms with Crippen LogP contribution in [-0.4, -0.2) is 33.0 Å². The maximum atomic E-state index is 5.95. The summed E-state index contributed by atoms with van der Waals surface area (Å²) < 4.78 is 16.6. The van der Waals surface area contributed by atoms with Gasteiger partial charge in [-0.3, -0.25) is 0 Å². The summed E-state index contributed by atoms with van der Waals surface area (Å²) in [6, 6.07) is 6.10. The lowest BCUT2D eigenvalue weighted by Crippen LogP contribution is -2.45. The van der Waals surface area contributed by atoms with Gasteiger partial charge in [0, 0.05) is 13.2 Å². The molecule has 1 unspecified atom stereocenters. The topological polar surface area (TPSA) is 39.7 Å². The van der Waals surface area contributed by atoms with Crippen LogP contribution in [0.3, 0.4) is 0 Å². The van der Waals surface area contributed by atoms with Crippen LogP contribution in [0.1, 0.15) is 52.5 Å². The van der Waals surface area contributed by atoms with E-state index >= 15 is 0 Å². The van der Waals surface area contributed by atoms with E-state index in [-0.39, 0.29) is 5.60 Å². The minimum Gasteiger partial charge on any atom is -0.493 e. The van der Waals surface area contributed by atoms with Crippen LogP contribution in [0.25, 0.3) is 0 Å². The Morgan fingerprint density at radius 3 is 2.48 bits per heavy atom. The normalized spacial score (nSPS) is 22.8. The molecule has 0 amide bonds. The van der Waals surface area contributed by atoms with Gasteiger partial charge in [-0.1, -0.05) is 19.9 Å². The highest BCUT2D eigenvalue weighted by atomic mass is 16.5. The summed E-state index contributed by atoms with van der Waals surface area (Å²) in [6.45, 7) is 11.9. The molecule has 0 aliphatic carbocycles. The first kappa shape index (κ1) is 20.1. The van der Waals surface area contributed by atoms with E-state index in [1.165, 1.54) is 12.0 Å². The Hall–Kier alpha value is -1.26. The highest BCUT2D eigenvalue weighted by molar-refractivity contribution is 5.42. The zero-order chi connectivity index (χ0) is 18.5. The van der Waals surface area contributed by atoms with Crippen LogP contribution in [0.5, 0.6) is 11.5 Å². The molecule has 0 aromatic heterocycles. The van der Waals surface area contributed by atoms with Crippen LogP contribution in [0.15, 0.2) is 18.2 Å². The van der Waals surface area contributed by atoms with Crippen molar-refractivity contribution in [3.63, 3.8) is 0 Å². The van der Waals surface area contributed by atoms with Gasteiger partial charge in [0.2, 0.25) is 0 Å². The van der Waals surface area contributed by atoms with Crippen LogP contribution in [0, 0.1) is 11.3 Å². The van der Waals surface area contributed by atoms with Gasteiger partial charge in [-0.05, 0) is 68.7 Å². The second-order valence-corrected chi connectivity index (χ2v) is 8.17. The summed E-state index contributed by atoms with van der Waals surface area (Å²) in [6.07, 6.45) is 3.48. The second kappa shape index (κ2) is 8.41. The van der Waals surface area contributed by atoms with Crippen molar-refractivity contribution in [3.8, 4) is 11.5 Å². The van der Waals surface area contributed by atoms with Gasteiger partial charge in [-0.15, -0.1) is 0 Å². The fourth-order valence-corrected chi connectivity index (χ4v) is 4.07. The molecule has 2 rings (SSSR count). The van der Waals surface area contributed by atoms with E-state index in [9.17, 15) is 0 Å². The van der Waals surface area contributed by atoms with Crippen molar-refractivity contribution in [2.45, 2.75) is 59.1 Å². The molecular weight excluding hydrogens is 314 g/mol. The van der Waals surface area contributed by atoms with Crippen molar-refractivity contribution >= 4 is 0 Å². The molecule has 1 aliphatic heterocycles. The Labute approximate surface area is 153 Å². The van der Waals surface area contributed by atoms with Gasteiger partial charge in [0.05, 0.1) is 19.8 Å². The molecule has 4 nitrogen and oxygen atoms in total. The van der Waals surface area contributed by atoms with Gasteiger partial charge in [-0.2, -0.15) is 0 Å². The predicted molar refractivity (Wildman–Crippen MR) is 102 cm³/mol. The minimum atomic E-state index is -0.00807. The van der Waals surface area contributed by atoms with Crippen molar-refractivity contribution in [2.75, 3.05) is 27.4 Å². The molecule has 142 valence electrons. The quantitative estimate of drug-likeness (QED) is 0.706. The van der Waals surface area contributed by atoms with Crippen molar-refractivity contribution < 1.29 is 14.2 Å². The Balaban J connectivity index is 1.91. The van der Waals surface area contributed by atoms with E-state index in [1.54, 1.807) is 14.2 Å². The molecule has 0 spiro atoms. The van der Waals surface area contributed by atoms with Gasteiger partial charge in [-0.25, -0.2) is 0 Å². The number of hydrogen-bond donors (Lipinski definition) is 1. The predicted octanol–water partition coefficient (Wildman–Crippen LogP) is 4.41. The first-order chi connectivity index (χ1) is 11.8. The number of nitrogens with one attached hydrogen (secondary N) is 1. The summed E-state index contributed by atoms with van der Waals surface area (Å²) in [5.74, 6) is 2.22. The average molecular weight is 350 g/mol. The minimum absolute atomic E-state index is 0.00807. The third-order valence-corrected chi connectivity index (χ3v) is 5.67. The molecule has 1 aliphatic rings. The smallest absolute Gasteiger partial charge is 0.161 e. The maximum Gasteiger partial charge on any atom is 0.161 e. The number of ether oxygens (including phenoxy) is 3. The number of benzene rings is 1. The SMILES string of the molecule is COc1ccc(CNCCC2(C(C)C)CCOC(C)(C)C2)cc1OC. The lowest BCUT2D eigenvalue weighted by Gasteiger charge is -2.48. The fourth-order valence-electron chi connectivity index (χ4n) is 4.07. The standard InChI is InChI=1S/C21H35NO3/c1-16(2)21(10-12-25-20(3,4)15-21)9-11-22-14-17-7-8-18(23-5)19(13-17)24-6/h7-8,13,16,22H,9-12,14-15H2,1-6H3. The lowest BCUT2D eigenvalue weighted by atomic mass is 9.65. The Bertz CT molecular complexity index is 556. The van der Waals surface area contributed by atoms with Gasteiger partial charge in [0.1, 0.15) is 0 Å². The van der Waals surface area contributed by atoms with Crippen LogP contribution >= 0.6 is 0 Å². The summed E-state index contributed by atoms with van der Waals surface area (Å²) >= 11 is 0. The van der Waals surface area contributed by atoms with Crippen LogP contribution < -0.4 is 14.8 Å². The molecule has 1 N–H and O–H groups in total. The molecule has 1 atom stereocenters. The first-order valence-corrected chi connectivity index (χ1v) is 9.37. The highest BCUT2D eigenvalue weighted by Gasteiger charge is 2.42. The van der Waals surface area contributed by atoms with E-state index < -0.39 is 0 Å². The number of hydrogen-bond acceptors (Lipinski definition) is 4. The Morgan fingerprint density at radius 1 is 1.16 bits per heavy atom. The zero-order valence-electron chi connectivity index (χ0n) is 16.8. The van der Waals surface area contributed by atoms with Crippen LogP contribution in [0.2, 0.25) is 0 Å². The molecule has 4 heteroatoms. The Morgan fingerprint density at radius 2 is 1.88 bits per heavy atom. The molecule has 1 heterocycles. The summed E-state index contributed by atoms with van der Waals surface area (Å²) in [7, 11) is 3.34. The van der Waals surface area contributed by atoms with Gasteiger partial charge < -0.3 is 19.5 Å². The van der Waals surface area contributed by atoms with Crippen LogP contribution in [-0.2, 0) is 11.3 Å². The van der Waals surface area contributed by atoms with Crippen LogP contribution in [0.4, 0.5) is 0 Å². The third-order valence-electron chi connectivity index (χ3n) is 5.67. The van der Waals surface area contributed by atoms with E-state index in [0.717, 1.165) is 44.0 Å². The molecule has 1 aromatic rings. The summed E-state index contributed by atoms with van der Waals surface area (Å²) in [5.41, 5.74) is 1.57. The van der Waals surface area contributed by atoms with Crippen molar-refractivity contribution in [2.24, 2.45) is 11.3 Å². The van der Waals surface area contributed by atoms with E-state index in [4.69, 9.17) is 14.2 Å². The van der Waals surface area contributed by atoms with Crippen molar-refractivity contribution in [3.05, 3.63) is 23.8 Å². The Kier molecular flexibility index (Phi) is 6.75. The monoisotopic (exact) mass is 349 g/mol. The summed E-state index contributed by atoms with van der Waals surface area (Å²) in [4.78, 5) is 0. The fraction of sp³-hybridized carbons (Fsp3) is 0.714. The molecule has 0 saturated carbocycles. The second-order valence-electron chi connectivity index (χ2n) is 8.17. The average Bonchev–Trinajstić information content (AvgIpc) is 2.57. The molecular formula is C21H35NO3. The van der Waals surface area contributed by atoms with Gasteiger partial charge in [0.25, 0.3) is 0 Å². The number of rotatable bonds is 8. The molecule has 1 fully saturated rings. The van der Waals surface area contributed by atoms with E-state index in [1.807, 2.05) is 12.1 Å². The van der Waals surface area contributed by atoms with Crippen molar-refractivity contribution in [1.82, 2.24) is 5.32 Å². The molecule has 1 saturated heterocycles. The molecule has 0 bridgehead atoms. The molecule has 1 aromatic carbocycles. The van der Waals surface area contributed by atoms with Gasteiger partial charge >= 0.3 is 0 Å². The highest BCUT2D eigenvalue weighted by Crippen LogP contribution is 2.46. The maximum absolute atomic E-state index is 5.95. The molecule has 25 heavy (non-hydrogen) atoms. The largest absolute Gasteiger partial charge is 0.493 e. The molecule has 0 radical (unpaired) electrons.